The molecule has 0 N–H and O–H groups in total. The van der Waals surface area contributed by atoms with Gasteiger partial charge in [-0.1, -0.05) is 12.2 Å². The van der Waals surface area contributed by atoms with E-state index in [4.69, 9.17) is 9.47 Å². The fourth-order valence-electron chi connectivity index (χ4n) is 2.30. The molecule has 0 spiro atoms. The lowest BCUT2D eigenvalue weighted by atomic mass is 10.0. The smallest absolute Gasteiger partial charge is 0.411 e. The Hall–Kier alpha value is -1.52. The zero-order valence-electron chi connectivity index (χ0n) is 13.0. The number of carbonyl (C=O) groups excluding carboxylic acids is 2. The molecule has 0 bridgehead atoms. The summed E-state index contributed by atoms with van der Waals surface area (Å²) >= 11 is 0. The van der Waals surface area contributed by atoms with Crippen molar-refractivity contribution in [1.29, 1.82) is 0 Å². The average Bonchev–Trinajstić information content (AvgIpc) is 2.77. The zero-order valence-corrected chi connectivity index (χ0v) is 13.0. The van der Waals surface area contributed by atoms with Crippen molar-refractivity contribution in [3.8, 4) is 0 Å². The van der Waals surface area contributed by atoms with Crippen LogP contribution in [0, 0.1) is 5.92 Å². The number of likely N-dealkylation sites (tertiary alicyclic amines) is 1. The van der Waals surface area contributed by atoms with Crippen molar-refractivity contribution in [2.45, 2.75) is 52.2 Å². The molecule has 5 heteroatoms. The number of hydrogen-bond acceptors (Lipinski definition) is 4. The van der Waals surface area contributed by atoms with Crippen LogP contribution in [0.3, 0.4) is 0 Å². The van der Waals surface area contributed by atoms with E-state index in [1.165, 1.54) is 12.0 Å². The highest BCUT2D eigenvalue weighted by atomic mass is 16.6. The summed E-state index contributed by atoms with van der Waals surface area (Å²) in [5, 5.41) is 0. The van der Waals surface area contributed by atoms with Crippen LogP contribution < -0.4 is 0 Å². The van der Waals surface area contributed by atoms with E-state index in [2.05, 4.69) is 6.08 Å². The number of amides is 1. The van der Waals surface area contributed by atoms with Crippen molar-refractivity contribution in [2.75, 3.05) is 13.7 Å². The Labute approximate surface area is 120 Å². The number of ether oxygens (including phenoxy) is 2. The SMILES string of the molecule is CC=CCC1CC(C(=O)OC)N(C(=O)OC(C)(C)C)C1. The highest BCUT2D eigenvalue weighted by Gasteiger charge is 2.41. The maximum absolute atomic E-state index is 12.2. The summed E-state index contributed by atoms with van der Waals surface area (Å²) in [7, 11) is 1.34. The van der Waals surface area contributed by atoms with E-state index in [0.29, 0.717) is 13.0 Å². The van der Waals surface area contributed by atoms with Gasteiger partial charge in [-0.3, -0.25) is 4.90 Å². The van der Waals surface area contributed by atoms with E-state index in [-0.39, 0.29) is 11.9 Å². The van der Waals surface area contributed by atoms with Gasteiger partial charge in [0.2, 0.25) is 0 Å². The summed E-state index contributed by atoms with van der Waals surface area (Å²) in [4.78, 5) is 25.5. The molecule has 0 aromatic heterocycles. The predicted molar refractivity (Wildman–Crippen MR) is 76.3 cm³/mol. The van der Waals surface area contributed by atoms with Gasteiger partial charge in [-0.25, -0.2) is 9.59 Å². The van der Waals surface area contributed by atoms with E-state index >= 15 is 0 Å². The number of hydrogen-bond donors (Lipinski definition) is 0. The monoisotopic (exact) mass is 283 g/mol. The number of carbonyl (C=O) groups is 2. The molecule has 1 saturated heterocycles. The standard InChI is InChI=1S/C15H25NO4/c1-6-7-8-11-9-12(13(17)19-5)16(10-11)14(18)20-15(2,3)4/h6-7,11-12H,8-10H2,1-5H3. The molecule has 1 aliphatic heterocycles. The molecular formula is C15H25NO4. The first-order chi connectivity index (χ1) is 9.28. The van der Waals surface area contributed by atoms with Crippen LogP contribution in [0.5, 0.6) is 0 Å². The molecular weight excluding hydrogens is 258 g/mol. The summed E-state index contributed by atoms with van der Waals surface area (Å²) in [5.41, 5.74) is -0.570. The van der Waals surface area contributed by atoms with Gasteiger partial charge in [0, 0.05) is 6.54 Å². The van der Waals surface area contributed by atoms with Crippen molar-refractivity contribution in [3.05, 3.63) is 12.2 Å². The molecule has 0 aromatic carbocycles. The van der Waals surface area contributed by atoms with Gasteiger partial charge in [-0.15, -0.1) is 0 Å². The lowest BCUT2D eigenvalue weighted by Gasteiger charge is -2.27. The number of rotatable bonds is 3. The summed E-state index contributed by atoms with van der Waals surface area (Å²) in [5.74, 6) is -0.110. The Bertz CT molecular complexity index is 384. The molecule has 1 amide bonds. The molecule has 0 aliphatic carbocycles. The number of esters is 1. The molecule has 1 fully saturated rings. The first-order valence-electron chi connectivity index (χ1n) is 6.97. The molecule has 1 rings (SSSR count). The number of nitrogens with zero attached hydrogens (tertiary/aromatic N) is 1. The normalized spacial score (nSPS) is 23.1. The highest BCUT2D eigenvalue weighted by Crippen LogP contribution is 2.28. The third-order valence-corrected chi connectivity index (χ3v) is 3.19. The second-order valence-corrected chi connectivity index (χ2v) is 6.08. The second-order valence-electron chi connectivity index (χ2n) is 6.08. The summed E-state index contributed by atoms with van der Waals surface area (Å²) in [6.07, 6.45) is 5.05. The Morgan fingerprint density at radius 1 is 1.35 bits per heavy atom. The first kappa shape index (κ1) is 16.5. The Balaban J connectivity index is 2.78. The van der Waals surface area contributed by atoms with E-state index in [1.54, 1.807) is 0 Å². The minimum atomic E-state index is -0.570. The van der Waals surface area contributed by atoms with E-state index in [0.717, 1.165) is 6.42 Å². The van der Waals surface area contributed by atoms with Crippen LogP contribution in [-0.4, -0.2) is 42.3 Å². The molecule has 5 nitrogen and oxygen atoms in total. The number of methoxy groups -OCH3 is 1. The lowest BCUT2D eigenvalue weighted by molar-refractivity contribution is -0.145. The molecule has 1 aliphatic rings. The number of allylic oxidation sites excluding steroid dienone is 2. The van der Waals surface area contributed by atoms with Gasteiger partial charge >= 0.3 is 12.1 Å². The van der Waals surface area contributed by atoms with Crippen molar-refractivity contribution >= 4 is 12.1 Å². The van der Waals surface area contributed by atoms with Crippen molar-refractivity contribution in [1.82, 2.24) is 4.90 Å². The third-order valence-electron chi connectivity index (χ3n) is 3.19. The second kappa shape index (κ2) is 6.77. The molecule has 0 aromatic rings. The molecule has 2 atom stereocenters. The van der Waals surface area contributed by atoms with Crippen molar-refractivity contribution in [3.63, 3.8) is 0 Å². The van der Waals surface area contributed by atoms with Crippen LogP contribution in [0.15, 0.2) is 12.2 Å². The Kier molecular flexibility index (Phi) is 5.60. The quantitative estimate of drug-likeness (QED) is 0.590. The highest BCUT2D eigenvalue weighted by molar-refractivity contribution is 5.82. The minimum absolute atomic E-state index is 0.266. The summed E-state index contributed by atoms with van der Waals surface area (Å²) < 4.78 is 10.2. The fourth-order valence-corrected chi connectivity index (χ4v) is 2.30. The van der Waals surface area contributed by atoms with E-state index in [9.17, 15) is 9.59 Å². The van der Waals surface area contributed by atoms with Gasteiger partial charge in [-0.05, 0) is 46.5 Å². The maximum atomic E-state index is 12.2. The van der Waals surface area contributed by atoms with Gasteiger partial charge in [-0.2, -0.15) is 0 Å². The van der Waals surface area contributed by atoms with Crippen LogP contribution in [0.4, 0.5) is 4.79 Å². The van der Waals surface area contributed by atoms with Crippen LogP contribution in [0.25, 0.3) is 0 Å². The zero-order chi connectivity index (χ0) is 15.3. The van der Waals surface area contributed by atoms with E-state index in [1.807, 2.05) is 33.8 Å². The maximum Gasteiger partial charge on any atom is 0.411 e. The van der Waals surface area contributed by atoms with Crippen LogP contribution >= 0.6 is 0 Å². The average molecular weight is 283 g/mol. The molecule has 2 unspecified atom stereocenters. The fraction of sp³-hybridized carbons (Fsp3) is 0.733. The predicted octanol–water partition coefficient (Wildman–Crippen LogP) is 2.75. The van der Waals surface area contributed by atoms with Gasteiger partial charge in [0.1, 0.15) is 11.6 Å². The summed E-state index contributed by atoms with van der Waals surface area (Å²) in [6.45, 7) is 7.92. The largest absolute Gasteiger partial charge is 0.467 e. The minimum Gasteiger partial charge on any atom is -0.467 e. The summed E-state index contributed by atoms with van der Waals surface area (Å²) in [6, 6.07) is -0.537. The molecule has 20 heavy (non-hydrogen) atoms. The van der Waals surface area contributed by atoms with Gasteiger partial charge in [0.15, 0.2) is 0 Å². The Morgan fingerprint density at radius 3 is 2.50 bits per heavy atom. The van der Waals surface area contributed by atoms with Crippen LogP contribution in [-0.2, 0) is 14.3 Å². The lowest BCUT2D eigenvalue weighted by Crippen LogP contribution is -2.43. The van der Waals surface area contributed by atoms with Gasteiger partial charge in [0.05, 0.1) is 7.11 Å². The van der Waals surface area contributed by atoms with Crippen molar-refractivity contribution in [2.24, 2.45) is 5.92 Å². The molecule has 1 heterocycles. The molecule has 0 saturated carbocycles. The topological polar surface area (TPSA) is 55.8 Å². The Morgan fingerprint density at radius 2 is 2.00 bits per heavy atom. The van der Waals surface area contributed by atoms with Crippen LogP contribution in [0.2, 0.25) is 0 Å². The molecule has 0 radical (unpaired) electrons. The van der Waals surface area contributed by atoms with Crippen molar-refractivity contribution < 1.29 is 19.1 Å². The van der Waals surface area contributed by atoms with Crippen LogP contribution in [0.1, 0.15) is 40.5 Å². The van der Waals surface area contributed by atoms with E-state index < -0.39 is 17.7 Å². The third kappa shape index (κ3) is 4.54. The van der Waals surface area contributed by atoms with Gasteiger partial charge < -0.3 is 9.47 Å². The first-order valence-corrected chi connectivity index (χ1v) is 6.97. The van der Waals surface area contributed by atoms with Gasteiger partial charge in [0.25, 0.3) is 0 Å². The molecule has 114 valence electrons.